The number of aromatic nitrogens is 1. The summed E-state index contributed by atoms with van der Waals surface area (Å²) in [5.41, 5.74) is 1.66. The maximum atomic E-state index is 11.6. The molecule has 1 rings (SSSR count). The molecule has 0 fully saturated rings. The van der Waals surface area contributed by atoms with Gasteiger partial charge in [-0.15, -0.1) is 22.9 Å². The van der Waals surface area contributed by atoms with Crippen LogP contribution in [0.4, 0.5) is 0 Å². The molecule has 1 unspecified atom stereocenters. The molecule has 0 aliphatic rings. The molecule has 3 nitrogen and oxygen atoms in total. The number of hydrogen-bond acceptors (Lipinski definition) is 3. The Bertz CT molecular complexity index is 290. The lowest BCUT2D eigenvalue weighted by molar-refractivity contribution is 0.0950. The number of hydrogen-bond donors (Lipinski definition) is 1. The summed E-state index contributed by atoms with van der Waals surface area (Å²) in [6, 6.07) is 0. The van der Waals surface area contributed by atoms with E-state index in [1.807, 2.05) is 0 Å². The summed E-state index contributed by atoms with van der Waals surface area (Å²) in [4.78, 5) is 16.1. The van der Waals surface area contributed by atoms with E-state index in [9.17, 15) is 4.79 Å². The maximum absolute atomic E-state index is 11.6. The normalized spacial score (nSPS) is 12.4. The molecular weight excluding hydrogens is 232 g/mol. The van der Waals surface area contributed by atoms with Crippen LogP contribution in [-0.4, -0.2) is 23.3 Å². The van der Waals surface area contributed by atoms with E-state index in [0.717, 1.165) is 12.8 Å². The fourth-order valence-corrected chi connectivity index (χ4v) is 2.10. The predicted octanol–water partition coefficient (Wildman–Crippen LogP) is 2.53. The van der Waals surface area contributed by atoms with Gasteiger partial charge in [-0.1, -0.05) is 13.3 Å². The molecule has 1 N–H and O–H groups in total. The zero-order valence-electron chi connectivity index (χ0n) is 8.70. The van der Waals surface area contributed by atoms with E-state index in [1.165, 1.54) is 11.3 Å². The van der Waals surface area contributed by atoms with Crippen LogP contribution in [-0.2, 0) is 0 Å². The average molecular weight is 247 g/mol. The Hall–Kier alpha value is -0.610. The van der Waals surface area contributed by atoms with Crippen molar-refractivity contribution in [2.24, 2.45) is 5.92 Å². The van der Waals surface area contributed by atoms with Gasteiger partial charge in [0, 0.05) is 12.4 Å². The van der Waals surface area contributed by atoms with Crippen molar-refractivity contribution in [3.8, 4) is 0 Å². The second kappa shape index (κ2) is 6.80. The largest absolute Gasteiger partial charge is 0.351 e. The highest BCUT2D eigenvalue weighted by molar-refractivity contribution is 7.11. The van der Waals surface area contributed by atoms with Crippen molar-refractivity contribution < 1.29 is 4.79 Å². The predicted molar refractivity (Wildman–Crippen MR) is 63.6 cm³/mol. The van der Waals surface area contributed by atoms with Crippen LogP contribution in [0, 0.1) is 5.92 Å². The Labute approximate surface area is 98.9 Å². The zero-order chi connectivity index (χ0) is 11.1. The fourth-order valence-electron chi connectivity index (χ4n) is 1.26. The number of halogens is 1. The van der Waals surface area contributed by atoms with Crippen molar-refractivity contribution in [1.29, 1.82) is 0 Å². The van der Waals surface area contributed by atoms with Crippen molar-refractivity contribution in [2.45, 2.75) is 19.8 Å². The SMILES string of the molecule is CCC(CCCl)CNC(=O)c1cncs1. The topological polar surface area (TPSA) is 42.0 Å². The molecule has 1 aromatic heterocycles. The maximum Gasteiger partial charge on any atom is 0.263 e. The number of carbonyl (C=O) groups is 1. The molecule has 84 valence electrons. The summed E-state index contributed by atoms with van der Waals surface area (Å²) in [6.45, 7) is 2.80. The molecule has 0 aliphatic carbocycles. The van der Waals surface area contributed by atoms with Gasteiger partial charge in [0.15, 0.2) is 0 Å². The molecule has 15 heavy (non-hydrogen) atoms. The molecule has 0 saturated carbocycles. The lowest BCUT2D eigenvalue weighted by atomic mass is 10.0. The molecule has 5 heteroatoms. The van der Waals surface area contributed by atoms with Gasteiger partial charge in [-0.25, -0.2) is 0 Å². The standard InChI is InChI=1S/C10H15ClN2OS/c1-2-8(3-4-11)5-13-10(14)9-6-12-7-15-9/h6-8H,2-5H2,1H3,(H,13,14). The molecule has 0 bridgehead atoms. The smallest absolute Gasteiger partial charge is 0.263 e. The molecule has 0 spiro atoms. The van der Waals surface area contributed by atoms with Gasteiger partial charge in [0.25, 0.3) is 5.91 Å². The number of alkyl halides is 1. The first-order chi connectivity index (χ1) is 7.27. The van der Waals surface area contributed by atoms with Crippen molar-refractivity contribution >= 4 is 28.8 Å². The number of carbonyl (C=O) groups excluding carboxylic acids is 1. The molecule has 1 heterocycles. The molecule has 0 aromatic carbocycles. The molecular formula is C10H15ClN2OS. The molecule has 1 amide bonds. The van der Waals surface area contributed by atoms with Gasteiger partial charge in [0.2, 0.25) is 0 Å². The minimum Gasteiger partial charge on any atom is -0.351 e. The number of nitrogens with one attached hydrogen (secondary N) is 1. The van der Waals surface area contributed by atoms with Crippen LogP contribution >= 0.6 is 22.9 Å². The van der Waals surface area contributed by atoms with E-state index in [0.29, 0.717) is 23.2 Å². The van der Waals surface area contributed by atoms with Gasteiger partial charge >= 0.3 is 0 Å². The molecule has 1 atom stereocenters. The summed E-state index contributed by atoms with van der Waals surface area (Å²) in [7, 11) is 0. The summed E-state index contributed by atoms with van der Waals surface area (Å²) in [5, 5.41) is 2.89. The van der Waals surface area contributed by atoms with Crippen molar-refractivity contribution in [3.05, 3.63) is 16.6 Å². The van der Waals surface area contributed by atoms with Crippen molar-refractivity contribution in [1.82, 2.24) is 10.3 Å². The van der Waals surface area contributed by atoms with Gasteiger partial charge < -0.3 is 5.32 Å². The number of nitrogens with zero attached hydrogens (tertiary/aromatic N) is 1. The van der Waals surface area contributed by atoms with Crippen LogP contribution in [0.2, 0.25) is 0 Å². The summed E-state index contributed by atoms with van der Waals surface area (Å²) in [6.07, 6.45) is 3.57. The Balaban J connectivity index is 2.33. The zero-order valence-corrected chi connectivity index (χ0v) is 10.3. The van der Waals surface area contributed by atoms with Crippen molar-refractivity contribution in [3.63, 3.8) is 0 Å². The molecule has 0 aliphatic heterocycles. The van der Waals surface area contributed by atoms with E-state index in [-0.39, 0.29) is 5.91 Å². The van der Waals surface area contributed by atoms with Crippen LogP contribution in [0.25, 0.3) is 0 Å². The molecule has 0 saturated heterocycles. The highest BCUT2D eigenvalue weighted by Crippen LogP contribution is 2.09. The van der Waals surface area contributed by atoms with Gasteiger partial charge in [-0.05, 0) is 12.3 Å². The fraction of sp³-hybridized carbons (Fsp3) is 0.600. The number of thiazole rings is 1. The van der Waals surface area contributed by atoms with Crippen molar-refractivity contribution in [2.75, 3.05) is 12.4 Å². The third-order valence-corrected chi connectivity index (χ3v) is 3.29. The van der Waals surface area contributed by atoms with E-state index in [1.54, 1.807) is 11.7 Å². The van der Waals surface area contributed by atoms with Crippen LogP contribution in [0.15, 0.2) is 11.7 Å². The highest BCUT2D eigenvalue weighted by Gasteiger charge is 2.10. The van der Waals surface area contributed by atoms with E-state index >= 15 is 0 Å². The van der Waals surface area contributed by atoms with Crippen LogP contribution in [0.3, 0.4) is 0 Å². The summed E-state index contributed by atoms with van der Waals surface area (Å²) < 4.78 is 0. The Morgan fingerprint density at radius 2 is 2.53 bits per heavy atom. The Morgan fingerprint density at radius 1 is 1.73 bits per heavy atom. The lowest BCUT2D eigenvalue weighted by Crippen LogP contribution is -2.28. The third kappa shape index (κ3) is 4.18. The second-order valence-electron chi connectivity index (χ2n) is 3.33. The minimum atomic E-state index is -0.0366. The van der Waals surface area contributed by atoms with E-state index in [2.05, 4.69) is 17.2 Å². The lowest BCUT2D eigenvalue weighted by Gasteiger charge is -2.13. The highest BCUT2D eigenvalue weighted by atomic mass is 35.5. The van der Waals surface area contributed by atoms with Crippen LogP contribution < -0.4 is 5.32 Å². The Morgan fingerprint density at radius 3 is 3.07 bits per heavy atom. The van der Waals surface area contributed by atoms with Gasteiger partial charge in [-0.3, -0.25) is 9.78 Å². The summed E-state index contributed by atoms with van der Waals surface area (Å²) >= 11 is 7.02. The summed E-state index contributed by atoms with van der Waals surface area (Å²) in [5.74, 6) is 1.08. The monoisotopic (exact) mass is 246 g/mol. The average Bonchev–Trinajstić information content (AvgIpc) is 2.77. The van der Waals surface area contributed by atoms with Gasteiger partial charge in [0.05, 0.1) is 11.7 Å². The Kier molecular flexibility index (Phi) is 5.65. The van der Waals surface area contributed by atoms with Gasteiger partial charge in [-0.2, -0.15) is 0 Å². The van der Waals surface area contributed by atoms with E-state index < -0.39 is 0 Å². The molecule has 1 aromatic rings. The van der Waals surface area contributed by atoms with Crippen LogP contribution in [0.5, 0.6) is 0 Å². The second-order valence-corrected chi connectivity index (χ2v) is 4.59. The first-order valence-corrected chi connectivity index (χ1v) is 6.42. The third-order valence-electron chi connectivity index (χ3n) is 2.30. The minimum absolute atomic E-state index is 0.0366. The molecule has 0 radical (unpaired) electrons. The number of amides is 1. The van der Waals surface area contributed by atoms with Crippen LogP contribution in [0.1, 0.15) is 29.4 Å². The first kappa shape index (κ1) is 12.5. The van der Waals surface area contributed by atoms with Gasteiger partial charge in [0.1, 0.15) is 4.88 Å². The van der Waals surface area contributed by atoms with E-state index in [4.69, 9.17) is 11.6 Å². The first-order valence-electron chi connectivity index (χ1n) is 5.00. The number of rotatable bonds is 6. The quantitative estimate of drug-likeness (QED) is 0.784.